The SMILES string of the molecule is N#CCc1cc(F)cc(C(F)(F)F)c1. The standard InChI is InChI=1S/C9H5F4N/c10-8-4-6(1-2-14)3-7(5-8)9(11,12)13/h3-5H,1H2. The molecule has 0 atom stereocenters. The lowest BCUT2D eigenvalue weighted by molar-refractivity contribution is -0.137. The van der Waals surface area contributed by atoms with E-state index in [2.05, 4.69) is 0 Å². The molecule has 1 aromatic carbocycles. The zero-order valence-corrected chi connectivity index (χ0v) is 6.90. The fourth-order valence-corrected chi connectivity index (χ4v) is 1.01. The van der Waals surface area contributed by atoms with E-state index in [-0.39, 0.29) is 12.0 Å². The average Bonchev–Trinajstić information content (AvgIpc) is 2.02. The fraction of sp³-hybridized carbons (Fsp3) is 0.222. The predicted octanol–water partition coefficient (Wildman–Crippen LogP) is 2.91. The van der Waals surface area contributed by atoms with E-state index >= 15 is 0 Å². The molecule has 0 N–H and O–H groups in total. The van der Waals surface area contributed by atoms with Crippen LogP contribution in [0.1, 0.15) is 11.1 Å². The molecule has 5 heteroatoms. The van der Waals surface area contributed by atoms with E-state index in [4.69, 9.17) is 5.26 Å². The Balaban J connectivity index is 3.15. The Morgan fingerprint density at radius 3 is 2.36 bits per heavy atom. The van der Waals surface area contributed by atoms with Gasteiger partial charge in [0, 0.05) is 0 Å². The third-order valence-electron chi connectivity index (χ3n) is 1.57. The monoisotopic (exact) mass is 203 g/mol. The van der Waals surface area contributed by atoms with E-state index in [9.17, 15) is 17.6 Å². The van der Waals surface area contributed by atoms with E-state index in [1.165, 1.54) is 0 Å². The first kappa shape index (κ1) is 10.5. The summed E-state index contributed by atoms with van der Waals surface area (Å²) < 4.78 is 49.1. The van der Waals surface area contributed by atoms with Crippen molar-refractivity contribution in [3.05, 3.63) is 35.1 Å². The average molecular weight is 203 g/mol. The van der Waals surface area contributed by atoms with Gasteiger partial charge in [0.15, 0.2) is 0 Å². The minimum atomic E-state index is -4.58. The summed E-state index contributed by atoms with van der Waals surface area (Å²) in [5, 5.41) is 8.25. The molecule has 0 saturated carbocycles. The molecule has 0 aliphatic carbocycles. The van der Waals surface area contributed by atoms with Crippen LogP contribution >= 0.6 is 0 Å². The highest BCUT2D eigenvalue weighted by atomic mass is 19.4. The molecule has 0 bridgehead atoms. The van der Waals surface area contributed by atoms with Crippen molar-refractivity contribution < 1.29 is 17.6 Å². The third-order valence-corrected chi connectivity index (χ3v) is 1.57. The van der Waals surface area contributed by atoms with Crippen molar-refractivity contribution in [2.75, 3.05) is 0 Å². The Bertz CT molecular complexity index is 375. The van der Waals surface area contributed by atoms with Gasteiger partial charge in [0.2, 0.25) is 0 Å². The van der Waals surface area contributed by atoms with Crippen LogP contribution in [0.25, 0.3) is 0 Å². The van der Waals surface area contributed by atoms with Crippen LogP contribution in [0.5, 0.6) is 0 Å². The Kier molecular flexibility index (Phi) is 2.75. The zero-order valence-electron chi connectivity index (χ0n) is 6.90. The van der Waals surface area contributed by atoms with Crippen LogP contribution in [0.2, 0.25) is 0 Å². The molecule has 1 aromatic rings. The molecule has 0 fully saturated rings. The van der Waals surface area contributed by atoms with Gasteiger partial charge in [-0.1, -0.05) is 0 Å². The summed E-state index contributed by atoms with van der Waals surface area (Å²) in [5.74, 6) is -0.981. The summed E-state index contributed by atoms with van der Waals surface area (Å²) >= 11 is 0. The van der Waals surface area contributed by atoms with E-state index < -0.39 is 17.6 Å². The van der Waals surface area contributed by atoms with Gasteiger partial charge >= 0.3 is 6.18 Å². The van der Waals surface area contributed by atoms with E-state index in [0.29, 0.717) is 6.07 Å². The van der Waals surface area contributed by atoms with Crippen molar-refractivity contribution in [2.45, 2.75) is 12.6 Å². The van der Waals surface area contributed by atoms with E-state index in [1.807, 2.05) is 0 Å². The summed E-state index contributed by atoms with van der Waals surface area (Å²) in [4.78, 5) is 0. The number of halogens is 4. The Hall–Kier alpha value is -1.57. The van der Waals surface area contributed by atoms with Gasteiger partial charge in [0.1, 0.15) is 5.82 Å². The molecule has 0 aliphatic rings. The number of rotatable bonds is 1. The maximum Gasteiger partial charge on any atom is 0.416 e. The second-order valence-electron chi connectivity index (χ2n) is 2.68. The van der Waals surface area contributed by atoms with Crippen molar-refractivity contribution >= 4 is 0 Å². The van der Waals surface area contributed by atoms with Crippen LogP contribution in [0.3, 0.4) is 0 Å². The highest BCUT2D eigenvalue weighted by molar-refractivity contribution is 5.28. The molecule has 0 heterocycles. The van der Waals surface area contributed by atoms with Crippen LogP contribution in [-0.2, 0) is 12.6 Å². The predicted molar refractivity (Wildman–Crippen MR) is 40.7 cm³/mol. The Morgan fingerprint density at radius 2 is 1.86 bits per heavy atom. The molecular formula is C9H5F4N. The maximum absolute atomic E-state index is 12.7. The van der Waals surface area contributed by atoms with Gasteiger partial charge in [-0.15, -0.1) is 0 Å². The molecule has 0 aromatic heterocycles. The number of benzene rings is 1. The first-order chi connectivity index (χ1) is 6.43. The Labute approximate surface area is 77.6 Å². The topological polar surface area (TPSA) is 23.8 Å². The smallest absolute Gasteiger partial charge is 0.207 e. The number of nitrogens with zero attached hydrogens (tertiary/aromatic N) is 1. The van der Waals surface area contributed by atoms with Gasteiger partial charge in [-0.25, -0.2) is 4.39 Å². The second-order valence-corrected chi connectivity index (χ2v) is 2.68. The van der Waals surface area contributed by atoms with Crippen LogP contribution in [-0.4, -0.2) is 0 Å². The zero-order chi connectivity index (χ0) is 10.8. The number of hydrogen-bond donors (Lipinski definition) is 0. The van der Waals surface area contributed by atoms with Gasteiger partial charge in [0.25, 0.3) is 0 Å². The van der Waals surface area contributed by atoms with Crippen LogP contribution in [0.15, 0.2) is 18.2 Å². The highest BCUT2D eigenvalue weighted by Crippen LogP contribution is 2.30. The Morgan fingerprint density at radius 1 is 1.21 bits per heavy atom. The minimum Gasteiger partial charge on any atom is -0.207 e. The van der Waals surface area contributed by atoms with Gasteiger partial charge < -0.3 is 0 Å². The van der Waals surface area contributed by atoms with Crippen molar-refractivity contribution in [2.24, 2.45) is 0 Å². The molecule has 0 saturated heterocycles. The largest absolute Gasteiger partial charge is 0.416 e. The minimum absolute atomic E-state index is 0.0276. The fourth-order valence-electron chi connectivity index (χ4n) is 1.01. The van der Waals surface area contributed by atoms with Crippen LogP contribution in [0, 0.1) is 17.1 Å². The van der Waals surface area contributed by atoms with Gasteiger partial charge in [0.05, 0.1) is 18.1 Å². The third kappa shape index (κ3) is 2.46. The van der Waals surface area contributed by atoms with Gasteiger partial charge in [-0.3, -0.25) is 0 Å². The van der Waals surface area contributed by atoms with Crippen molar-refractivity contribution in [1.29, 1.82) is 5.26 Å². The molecule has 0 spiro atoms. The number of alkyl halides is 3. The summed E-state index contributed by atoms with van der Waals surface area (Å²) in [7, 11) is 0. The summed E-state index contributed by atoms with van der Waals surface area (Å²) in [6.07, 6.45) is -4.81. The summed E-state index contributed by atoms with van der Waals surface area (Å²) in [6, 6.07) is 3.74. The van der Waals surface area contributed by atoms with Gasteiger partial charge in [-0.2, -0.15) is 18.4 Å². The first-order valence-electron chi connectivity index (χ1n) is 3.67. The van der Waals surface area contributed by atoms with Crippen LogP contribution in [0.4, 0.5) is 17.6 Å². The maximum atomic E-state index is 12.7. The van der Waals surface area contributed by atoms with Crippen LogP contribution < -0.4 is 0 Å². The quantitative estimate of drug-likeness (QED) is 0.644. The summed E-state index contributed by atoms with van der Waals surface area (Å²) in [5.41, 5.74) is -1.04. The number of hydrogen-bond acceptors (Lipinski definition) is 1. The lowest BCUT2D eigenvalue weighted by Crippen LogP contribution is -2.06. The second kappa shape index (κ2) is 3.66. The van der Waals surface area contributed by atoms with Crippen molar-refractivity contribution in [1.82, 2.24) is 0 Å². The highest BCUT2D eigenvalue weighted by Gasteiger charge is 2.31. The molecule has 0 amide bonds. The first-order valence-corrected chi connectivity index (χ1v) is 3.67. The molecule has 0 radical (unpaired) electrons. The molecule has 0 unspecified atom stereocenters. The lowest BCUT2D eigenvalue weighted by atomic mass is 10.1. The molecule has 14 heavy (non-hydrogen) atoms. The molecule has 74 valence electrons. The van der Waals surface area contributed by atoms with Crippen molar-refractivity contribution in [3.63, 3.8) is 0 Å². The lowest BCUT2D eigenvalue weighted by Gasteiger charge is -2.07. The number of nitriles is 1. The van der Waals surface area contributed by atoms with E-state index in [1.54, 1.807) is 6.07 Å². The normalized spacial score (nSPS) is 11.1. The van der Waals surface area contributed by atoms with E-state index in [0.717, 1.165) is 12.1 Å². The van der Waals surface area contributed by atoms with Gasteiger partial charge in [-0.05, 0) is 23.8 Å². The molecule has 0 aliphatic heterocycles. The van der Waals surface area contributed by atoms with Crippen molar-refractivity contribution in [3.8, 4) is 6.07 Å². The molecule has 1 nitrogen and oxygen atoms in total. The molecular weight excluding hydrogens is 198 g/mol. The summed E-state index contributed by atoms with van der Waals surface area (Å²) in [6.45, 7) is 0. The molecule has 1 rings (SSSR count).